The molecule has 1 N–H and O–H groups in total. The Morgan fingerprint density at radius 3 is 2.50 bits per heavy atom. The van der Waals surface area contributed by atoms with Crippen LogP contribution in [0.25, 0.3) is 12.2 Å². The highest BCUT2D eigenvalue weighted by Crippen LogP contribution is 2.15. The Balaban J connectivity index is 0.00000242. The first-order chi connectivity index (χ1) is 10.2. The predicted octanol–water partition coefficient (Wildman–Crippen LogP) is -0.368. The Morgan fingerprint density at radius 2 is 1.86 bits per heavy atom. The molecule has 22 heavy (non-hydrogen) atoms. The molecule has 0 bridgehead atoms. The summed E-state index contributed by atoms with van der Waals surface area (Å²) in [5.74, 6) is 0.00282. The number of carbonyl (C=O) groups is 1. The summed E-state index contributed by atoms with van der Waals surface area (Å²) in [4.78, 5) is 10.6. The fourth-order valence-corrected chi connectivity index (χ4v) is 1.91. The number of aliphatic carboxylic acids is 1. The summed E-state index contributed by atoms with van der Waals surface area (Å²) < 4.78 is 7.08. The number of ether oxygens (including phenoxy) is 1. The van der Waals surface area contributed by atoms with E-state index in [1.807, 2.05) is 55.5 Å². The SMILES string of the molecule is CCOc1cccc(/C=C\c2cc[n+](CC(=O)O)cc2)c1.[Cl-]. The standard InChI is InChI=1S/C17H17NO3.ClH/c1-2-21-16-5-3-4-15(12-16)7-6-14-8-10-18(11-9-14)13-17(19)20;/h3-12H,2,13H2,1H3;1H/b7-6-;. The second-order valence-electron chi connectivity index (χ2n) is 4.54. The molecule has 2 rings (SSSR count). The van der Waals surface area contributed by atoms with Gasteiger partial charge in [0.05, 0.1) is 6.61 Å². The Hall–Kier alpha value is -2.33. The molecule has 0 radical (unpaired) electrons. The van der Waals surface area contributed by atoms with Crippen LogP contribution in [0, 0.1) is 0 Å². The predicted molar refractivity (Wildman–Crippen MR) is 80.8 cm³/mol. The van der Waals surface area contributed by atoms with Gasteiger partial charge in [0, 0.05) is 12.1 Å². The fraction of sp³-hybridized carbons (Fsp3) is 0.176. The minimum absolute atomic E-state index is 0. The Morgan fingerprint density at radius 1 is 1.18 bits per heavy atom. The van der Waals surface area contributed by atoms with Gasteiger partial charge in [-0.1, -0.05) is 24.3 Å². The van der Waals surface area contributed by atoms with Crippen LogP contribution in [0.5, 0.6) is 5.75 Å². The average molecular weight is 320 g/mol. The van der Waals surface area contributed by atoms with Crippen molar-refractivity contribution < 1.29 is 31.6 Å². The minimum Gasteiger partial charge on any atom is -1.00 e. The van der Waals surface area contributed by atoms with E-state index in [2.05, 4.69) is 0 Å². The molecule has 0 aliphatic rings. The topological polar surface area (TPSA) is 50.4 Å². The molecule has 0 atom stereocenters. The van der Waals surface area contributed by atoms with E-state index in [9.17, 15) is 4.79 Å². The van der Waals surface area contributed by atoms with Crippen LogP contribution in [0.2, 0.25) is 0 Å². The van der Waals surface area contributed by atoms with E-state index in [-0.39, 0.29) is 19.0 Å². The first kappa shape index (κ1) is 17.7. The normalized spacial score (nSPS) is 10.2. The zero-order valence-electron chi connectivity index (χ0n) is 12.3. The van der Waals surface area contributed by atoms with Crippen LogP contribution in [0.15, 0.2) is 48.8 Å². The van der Waals surface area contributed by atoms with E-state index >= 15 is 0 Å². The first-order valence-corrected chi connectivity index (χ1v) is 6.79. The smallest absolute Gasteiger partial charge is 0.370 e. The van der Waals surface area contributed by atoms with Gasteiger partial charge in [0.15, 0.2) is 12.4 Å². The molecule has 0 aliphatic carbocycles. The van der Waals surface area contributed by atoms with Crippen molar-refractivity contribution in [3.63, 3.8) is 0 Å². The third kappa shape index (κ3) is 5.58. The lowest BCUT2D eigenvalue weighted by Crippen LogP contribution is -3.00. The fourth-order valence-electron chi connectivity index (χ4n) is 1.91. The maximum Gasteiger partial charge on any atom is 0.370 e. The molecule has 116 valence electrons. The Bertz CT molecular complexity index is 639. The van der Waals surface area contributed by atoms with Crippen LogP contribution in [-0.4, -0.2) is 17.7 Å². The number of hydrogen-bond donors (Lipinski definition) is 1. The van der Waals surface area contributed by atoms with E-state index in [1.165, 1.54) is 0 Å². The summed E-state index contributed by atoms with van der Waals surface area (Å²) in [6.45, 7) is 2.58. The number of benzene rings is 1. The maximum absolute atomic E-state index is 10.6. The highest BCUT2D eigenvalue weighted by atomic mass is 35.5. The van der Waals surface area contributed by atoms with Crippen molar-refractivity contribution in [3.8, 4) is 5.75 Å². The molecular formula is C17H18ClNO3. The van der Waals surface area contributed by atoms with E-state index < -0.39 is 5.97 Å². The van der Waals surface area contributed by atoms with Crippen LogP contribution in [0.3, 0.4) is 0 Å². The molecule has 1 aromatic carbocycles. The lowest BCUT2D eigenvalue weighted by molar-refractivity contribution is -0.685. The quantitative estimate of drug-likeness (QED) is 0.739. The van der Waals surface area contributed by atoms with Crippen LogP contribution >= 0.6 is 0 Å². The zero-order valence-corrected chi connectivity index (χ0v) is 13.0. The molecular weight excluding hydrogens is 302 g/mol. The first-order valence-electron chi connectivity index (χ1n) is 6.79. The number of aromatic nitrogens is 1. The Labute approximate surface area is 136 Å². The third-order valence-electron chi connectivity index (χ3n) is 2.87. The van der Waals surface area contributed by atoms with Crippen molar-refractivity contribution in [1.82, 2.24) is 0 Å². The summed E-state index contributed by atoms with van der Waals surface area (Å²) in [6.07, 6.45) is 7.49. The number of halogens is 1. The van der Waals surface area contributed by atoms with Gasteiger partial charge in [-0.2, -0.15) is 4.57 Å². The maximum atomic E-state index is 10.6. The van der Waals surface area contributed by atoms with Crippen molar-refractivity contribution in [2.45, 2.75) is 13.5 Å². The van der Waals surface area contributed by atoms with Gasteiger partial charge in [0.1, 0.15) is 5.75 Å². The van der Waals surface area contributed by atoms with Crippen LogP contribution < -0.4 is 21.7 Å². The van der Waals surface area contributed by atoms with Gasteiger partial charge in [0.25, 0.3) is 0 Å². The zero-order chi connectivity index (χ0) is 15.1. The Kier molecular flexibility index (Phi) is 7.13. The summed E-state index contributed by atoms with van der Waals surface area (Å²) in [7, 11) is 0. The van der Waals surface area contributed by atoms with Crippen LogP contribution in [0.1, 0.15) is 18.1 Å². The number of carboxylic acid groups (broad SMARTS) is 1. The lowest BCUT2D eigenvalue weighted by atomic mass is 10.1. The molecule has 0 fully saturated rings. The summed E-state index contributed by atoms with van der Waals surface area (Å²) in [5, 5.41) is 8.71. The number of nitrogens with zero attached hydrogens (tertiary/aromatic N) is 1. The molecule has 0 unspecified atom stereocenters. The molecule has 1 heterocycles. The van der Waals surface area contributed by atoms with Crippen LogP contribution in [0.4, 0.5) is 0 Å². The number of hydrogen-bond acceptors (Lipinski definition) is 2. The van der Waals surface area contributed by atoms with Gasteiger partial charge < -0.3 is 22.3 Å². The molecule has 0 amide bonds. The third-order valence-corrected chi connectivity index (χ3v) is 2.87. The van der Waals surface area contributed by atoms with E-state index in [4.69, 9.17) is 9.84 Å². The molecule has 1 aromatic heterocycles. The van der Waals surface area contributed by atoms with Crippen molar-refractivity contribution in [1.29, 1.82) is 0 Å². The van der Waals surface area contributed by atoms with Crippen molar-refractivity contribution in [2.75, 3.05) is 6.61 Å². The monoisotopic (exact) mass is 319 g/mol. The molecule has 4 nitrogen and oxygen atoms in total. The van der Waals surface area contributed by atoms with Crippen molar-refractivity contribution in [2.24, 2.45) is 0 Å². The minimum atomic E-state index is -0.851. The molecule has 0 saturated heterocycles. The second-order valence-corrected chi connectivity index (χ2v) is 4.54. The molecule has 0 spiro atoms. The number of carboxylic acids is 1. The summed E-state index contributed by atoms with van der Waals surface area (Å²) in [6, 6.07) is 11.6. The number of pyridine rings is 1. The highest BCUT2D eigenvalue weighted by Gasteiger charge is 2.05. The highest BCUT2D eigenvalue weighted by molar-refractivity contribution is 5.69. The van der Waals surface area contributed by atoms with E-state index in [0.717, 1.165) is 16.9 Å². The van der Waals surface area contributed by atoms with E-state index in [1.54, 1.807) is 17.0 Å². The lowest BCUT2D eigenvalue weighted by Gasteiger charge is -2.03. The molecule has 2 aromatic rings. The van der Waals surface area contributed by atoms with Gasteiger partial charge in [0.2, 0.25) is 6.54 Å². The van der Waals surface area contributed by atoms with Gasteiger partial charge in [-0.25, -0.2) is 4.79 Å². The van der Waals surface area contributed by atoms with Crippen molar-refractivity contribution in [3.05, 3.63) is 59.9 Å². The van der Waals surface area contributed by atoms with E-state index in [0.29, 0.717) is 6.61 Å². The summed E-state index contributed by atoms with van der Waals surface area (Å²) in [5.41, 5.74) is 2.07. The van der Waals surface area contributed by atoms with Gasteiger partial charge in [-0.15, -0.1) is 0 Å². The van der Waals surface area contributed by atoms with Crippen LogP contribution in [-0.2, 0) is 11.3 Å². The van der Waals surface area contributed by atoms with Gasteiger partial charge >= 0.3 is 5.97 Å². The van der Waals surface area contributed by atoms with Gasteiger partial charge in [-0.3, -0.25) is 0 Å². The average Bonchev–Trinajstić information content (AvgIpc) is 2.47. The summed E-state index contributed by atoms with van der Waals surface area (Å²) >= 11 is 0. The molecule has 0 aliphatic heterocycles. The second kappa shape index (κ2) is 8.85. The van der Waals surface area contributed by atoms with Gasteiger partial charge in [-0.05, 0) is 30.2 Å². The molecule has 0 saturated carbocycles. The molecule has 5 heteroatoms. The van der Waals surface area contributed by atoms with Crippen molar-refractivity contribution >= 4 is 18.1 Å². The largest absolute Gasteiger partial charge is 1.00 e. The number of rotatable bonds is 6.